The van der Waals surface area contributed by atoms with Crippen LogP contribution in [0.1, 0.15) is 65.7 Å². The van der Waals surface area contributed by atoms with Crippen molar-refractivity contribution >= 4 is 47.3 Å². The highest BCUT2D eigenvalue weighted by Gasteiger charge is 2.41. The van der Waals surface area contributed by atoms with Crippen LogP contribution in [0.2, 0.25) is 0 Å². The van der Waals surface area contributed by atoms with Crippen LogP contribution in [0.4, 0.5) is 0 Å². The van der Waals surface area contributed by atoms with E-state index in [9.17, 15) is 43.5 Å². The van der Waals surface area contributed by atoms with Gasteiger partial charge in [0.05, 0.1) is 19.0 Å². The molecule has 0 aromatic carbocycles. The number of carboxylic acid groups (broad SMARTS) is 1. The Hall–Kier alpha value is -4.28. The Balaban J connectivity index is 1.59. The van der Waals surface area contributed by atoms with E-state index in [-0.39, 0.29) is 31.3 Å². The highest BCUT2D eigenvalue weighted by molar-refractivity contribution is 5.98. The highest BCUT2D eigenvalue weighted by Crippen LogP contribution is 2.21. The summed E-state index contributed by atoms with van der Waals surface area (Å²) in [5.41, 5.74) is 5.33. The number of hydrogen-bond donors (Lipinski definition) is 7. The highest BCUT2D eigenvalue weighted by atomic mass is 16.4. The van der Waals surface area contributed by atoms with E-state index in [1.807, 2.05) is 0 Å². The molecule has 6 unspecified atom stereocenters. The van der Waals surface area contributed by atoms with E-state index in [0.29, 0.717) is 32.2 Å². The number of nitrogens with one attached hydrogen (secondary N) is 5. The number of nitrogens with zero attached hydrogens (tertiary/aromatic N) is 2. The Labute approximate surface area is 267 Å². The standard InChI is InChI=1S/C29H46N8O9/c1-15(2)23(28(44)37-12-6-9-20(37)29(45)46)35-24(40)16(3)33-26(42)19-8-5-11-36(19)27(43)18(13-21(30)38)34-22(39)14-32-25(41)17-7-4-10-31-17/h15-20,23,31H,4-14H2,1-3H3,(H2,30,38)(H,32,41)(H,33,42)(H,34,39)(H,35,40)(H,45,46). The van der Waals surface area contributed by atoms with Gasteiger partial charge >= 0.3 is 5.97 Å². The van der Waals surface area contributed by atoms with Crippen molar-refractivity contribution < 1.29 is 43.5 Å². The predicted octanol–water partition coefficient (Wildman–Crippen LogP) is -3.07. The minimum absolute atomic E-state index is 0.150. The molecule has 3 saturated heterocycles. The first-order valence-electron chi connectivity index (χ1n) is 15.7. The van der Waals surface area contributed by atoms with Crippen LogP contribution >= 0.6 is 0 Å². The number of nitrogens with two attached hydrogens (primary N) is 1. The normalized spacial score (nSPS) is 22.9. The van der Waals surface area contributed by atoms with Crippen molar-refractivity contribution in [1.82, 2.24) is 36.4 Å². The molecule has 0 saturated carbocycles. The molecule has 3 rings (SSSR count). The van der Waals surface area contributed by atoms with Crippen LogP contribution in [0.15, 0.2) is 0 Å². The van der Waals surface area contributed by atoms with E-state index in [0.717, 1.165) is 6.42 Å². The summed E-state index contributed by atoms with van der Waals surface area (Å²) in [5.74, 6) is -5.96. The van der Waals surface area contributed by atoms with Gasteiger partial charge in [-0.1, -0.05) is 13.8 Å². The van der Waals surface area contributed by atoms with Crippen molar-refractivity contribution in [3.05, 3.63) is 0 Å². The van der Waals surface area contributed by atoms with Crippen LogP contribution in [0.3, 0.4) is 0 Å². The fraction of sp³-hybridized carbons (Fsp3) is 0.724. The minimum Gasteiger partial charge on any atom is -0.480 e. The Morgan fingerprint density at radius 3 is 2.02 bits per heavy atom. The van der Waals surface area contributed by atoms with Crippen molar-refractivity contribution in [1.29, 1.82) is 0 Å². The average molecular weight is 651 g/mol. The molecular weight excluding hydrogens is 604 g/mol. The summed E-state index contributed by atoms with van der Waals surface area (Å²) in [6, 6.07) is -5.90. The van der Waals surface area contributed by atoms with Crippen LogP contribution in [-0.4, -0.2) is 125 Å². The van der Waals surface area contributed by atoms with Gasteiger partial charge in [-0.15, -0.1) is 0 Å². The van der Waals surface area contributed by atoms with Gasteiger partial charge in [-0.2, -0.15) is 0 Å². The second-order valence-electron chi connectivity index (χ2n) is 12.3. The topological polar surface area (TPSA) is 249 Å². The maximum absolute atomic E-state index is 13.5. The number of hydrogen-bond acceptors (Lipinski definition) is 9. The molecule has 17 nitrogen and oxygen atoms in total. The Bertz CT molecular complexity index is 1210. The van der Waals surface area contributed by atoms with Gasteiger partial charge in [-0.25, -0.2) is 4.79 Å². The van der Waals surface area contributed by atoms with Gasteiger partial charge in [-0.05, 0) is 57.9 Å². The Morgan fingerprint density at radius 1 is 0.826 bits per heavy atom. The SMILES string of the molecule is CC(NC(=O)C1CCCN1C(=O)C(CC(N)=O)NC(=O)CNC(=O)C1CCCN1)C(=O)NC(C(=O)N1CCCC1C(=O)O)C(C)C. The third kappa shape index (κ3) is 9.37. The van der Waals surface area contributed by atoms with Crippen molar-refractivity contribution in [2.24, 2.45) is 11.7 Å². The van der Waals surface area contributed by atoms with Crippen LogP contribution in [-0.2, 0) is 38.4 Å². The Morgan fingerprint density at radius 2 is 1.46 bits per heavy atom. The van der Waals surface area contributed by atoms with E-state index in [2.05, 4.69) is 26.6 Å². The molecule has 8 N–H and O–H groups in total. The number of amides is 7. The molecule has 256 valence electrons. The van der Waals surface area contributed by atoms with E-state index < -0.39 is 90.6 Å². The number of rotatable bonds is 14. The number of aliphatic carboxylic acids is 1. The van der Waals surface area contributed by atoms with Gasteiger partial charge < -0.3 is 47.2 Å². The zero-order chi connectivity index (χ0) is 34.1. The average Bonchev–Trinajstić information content (AvgIpc) is 3.78. The van der Waals surface area contributed by atoms with Gasteiger partial charge in [0.2, 0.25) is 41.4 Å². The molecule has 0 aromatic heterocycles. The van der Waals surface area contributed by atoms with Gasteiger partial charge in [0.15, 0.2) is 0 Å². The predicted molar refractivity (Wildman–Crippen MR) is 161 cm³/mol. The number of primary amides is 1. The second-order valence-corrected chi connectivity index (χ2v) is 12.3. The molecule has 0 aromatic rings. The number of carbonyl (C=O) groups excluding carboxylic acids is 7. The maximum atomic E-state index is 13.5. The van der Waals surface area contributed by atoms with Crippen molar-refractivity contribution in [2.45, 2.75) is 102 Å². The van der Waals surface area contributed by atoms with Crippen molar-refractivity contribution in [3.63, 3.8) is 0 Å². The summed E-state index contributed by atoms with van der Waals surface area (Å²) >= 11 is 0. The molecular formula is C29H46N8O9. The molecule has 3 fully saturated rings. The molecule has 46 heavy (non-hydrogen) atoms. The first-order chi connectivity index (χ1) is 21.7. The fourth-order valence-electron chi connectivity index (χ4n) is 5.98. The van der Waals surface area contributed by atoms with Crippen LogP contribution in [0.25, 0.3) is 0 Å². The smallest absolute Gasteiger partial charge is 0.326 e. The zero-order valence-electron chi connectivity index (χ0n) is 26.5. The van der Waals surface area contributed by atoms with Crippen LogP contribution in [0.5, 0.6) is 0 Å². The lowest BCUT2D eigenvalue weighted by atomic mass is 10.0. The lowest BCUT2D eigenvalue weighted by Crippen LogP contribution is -2.59. The summed E-state index contributed by atoms with van der Waals surface area (Å²) in [5, 5.41) is 22.6. The number of likely N-dealkylation sites (tertiary alicyclic amines) is 2. The fourth-order valence-corrected chi connectivity index (χ4v) is 5.98. The molecule has 0 bridgehead atoms. The van der Waals surface area contributed by atoms with E-state index in [1.165, 1.54) is 16.7 Å². The van der Waals surface area contributed by atoms with E-state index in [4.69, 9.17) is 5.73 Å². The molecule has 3 aliphatic rings. The van der Waals surface area contributed by atoms with Crippen LogP contribution < -0.4 is 32.3 Å². The monoisotopic (exact) mass is 650 g/mol. The third-order valence-electron chi connectivity index (χ3n) is 8.48. The van der Waals surface area contributed by atoms with Crippen LogP contribution in [0, 0.1) is 5.92 Å². The summed E-state index contributed by atoms with van der Waals surface area (Å²) < 4.78 is 0. The molecule has 0 radical (unpaired) electrons. The summed E-state index contributed by atoms with van der Waals surface area (Å²) in [7, 11) is 0. The molecule has 0 aliphatic carbocycles. The largest absolute Gasteiger partial charge is 0.480 e. The van der Waals surface area contributed by atoms with Gasteiger partial charge in [0, 0.05) is 13.1 Å². The molecule has 0 spiro atoms. The summed E-state index contributed by atoms with van der Waals surface area (Å²) in [6.07, 6.45) is 2.49. The van der Waals surface area contributed by atoms with Crippen molar-refractivity contribution in [3.8, 4) is 0 Å². The minimum atomic E-state index is -1.38. The molecule has 3 heterocycles. The van der Waals surface area contributed by atoms with Gasteiger partial charge in [0.25, 0.3) is 0 Å². The zero-order valence-corrected chi connectivity index (χ0v) is 26.5. The first kappa shape index (κ1) is 36.2. The van der Waals surface area contributed by atoms with Gasteiger partial charge in [-0.3, -0.25) is 33.6 Å². The van der Waals surface area contributed by atoms with Crippen molar-refractivity contribution in [2.75, 3.05) is 26.2 Å². The molecule has 6 atom stereocenters. The van der Waals surface area contributed by atoms with E-state index >= 15 is 0 Å². The quantitative estimate of drug-likeness (QED) is 0.0999. The number of carbonyl (C=O) groups is 8. The molecule has 7 amide bonds. The first-order valence-corrected chi connectivity index (χ1v) is 15.7. The number of carboxylic acids is 1. The Kier molecular flexibility index (Phi) is 12.8. The summed E-state index contributed by atoms with van der Waals surface area (Å²) in [4.78, 5) is 104. The second kappa shape index (κ2) is 16.3. The lowest BCUT2D eigenvalue weighted by molar-refractivity contribution is -0.150. The lowest BCUT2D eigenvalue weighted by Gasteiger charge is -2.31. The van der Waals surface area contributed by atoms with Gasteiger partial charge in [0.1, 0.15) is 30.2 Å². The molecule has 17 heteroatoms. The summed E-state index contributed by atoms with van der Waals surface area (Å²) in [6.45, 7) is 5.51. The third-order valence-corrected chi connectivity index (χ3v) is 8.48. The van der Waals surface area contributed by atoms with E-state index in [1.54, 1.807) is 13.8 Å². The molecule has 3 aliphatic heterocycles. The maximum Gasteiger partial charge on any atom is 0.326 e.